The van der Waals surface area contributed by atoms with Crippen molar-refractivity contribution < 1.29 is 9.47 Å². The van der Waals surface area contributed by atoms with E-state index in [1.165, 1.54) is 0 Å². The Morgan fingerprint density at radius 3 is 2.77 bits per heavy atom. The summed E-state index contributed by atoms with van der Waals surface area (Å²) in [6, 6.07) is 0. The maximum atomic E-state index is 5.23. The highest BCUT2D eigenvalue weighted by molar-refractivity contribution is 7.80. The van der Waals surface area contributed by atoms with Crippen LogP contribution in [0.2, 0.25) is 0 Å². The Kier molecular flexibility index (Phi) is 9.34. The Morgan fingerprint density at radius 2 is 2.15 bits per heavy atom. The third kappa shape index (κ3) is 9.48. The second kappa shape index (κ2) is 9.66. The van der Waals surface area contributed by atoms with Gasteiger partial charge < -0.3 is 20.2 Å². The minimum atomic E-state index is 0.455. The number of hydrogen-bond acceptors (Lipinski definition) is 4. The van der Waals surface area contributed by atoms with Gasteiger partial charge in [-0.25, -0.2) is 5.84 Å². The summed E-state index contributed by atoms with van der Waals surface area (Å²) in [5, 5.41) is 3.36. The number of thiocarbonyl (C=S) groups is 1. The van der Waals surface area contributed by atoms with Gasteiger partial charge in [0.1, 0.15) is 0 Å². The van der Waals surface area contributed by atoms with Crippen molar-refractivity contribution in [1.29, 1.82) is 0 Å². The first-order valence-corrected chi connectivity index (χ1v) is 4.53. The molecule has 0 amide bonds. The zero-order valence-corrected chi connectivity index (χ0v) is 8.65. The van der Waals surface area contributed by atoms with E-state index in [1.807, 2.05) is 0 Å². The molecule has 0 bridgehead atoms. The number of nitrogens with two attached hydrogens (primary N) is 1. The fraction of sp³-hybridized carbons (Fsp3) is 0.857. The van der Waals surface area contributed by atoms with E-state index in [0.717, 1.165) is 13.0 Å². The van der Waals surface area contributed by atoms with E-state index < -0.39 is 0 Å². The van der Waals surface area contributed by atoms with Crippen molar-refractivity contribution in [2.45, 2.75) is 6.42 Å². The Labute approximate surface area is 83.9 Å². The van der Waals surface area contributed by atoms with Gasteiger partial charge in [-0.2, -0.15) is 0 Å². The van der Waals surface area contributed by atoms with Gasteiger partial charge in [-0.1, -0.05) is 0 Å². The molecule has 0 aromatic heterocycles. The smallest absolute Gasteiger partial charge is 0.180 e. The summed E-state index contributed by atoms with van der Waals surface area (Å²) in [5.41, 5.74) is 2.34. The first-order valence-electron chi connectivity index (χ1n) is 4.12. The van der Waals surface area contributed by atoms with Gasteiger partial charge in [-0.3, -0.25) is 0 Å². The molecule has 0 radical (unpaired) electrons. The molecule has 0 fully saturated rings. The lowest BCUT2D eigenvalue weighted by Gasteiger charge is -2.06. The topological polar surface area (TPSA) is 68.5 Å². The molecule has 0 aromatic rings. The maximum Gasteiger partial charge on any atom is 0.180 e. The summed E-state index contributed by atoms with van der Waals surface area (Å²) in [4.78, 5) is 0. The summed E-state index contributed by atoms with van der Waals surface area (Å²) in [5.74, 6) is 5.05. The molecule has 0 heterocycles. The second-order valence-corrected chi connectivity index (χ2v) is 2.77. The molecule has 0 aliphatic rings. The van der Waals surface area contributed by atoms with Crippen LogP contribution < -0.4 is 16.6 Å². The zero-order valence-electron chi connectivity index (χ0n) is 7.84. The molecule has 13 heavy (non-hydrogen) atoms. The van der Waals surface area contributed by atoms with Gasteiger partial charge in [-0.15, -0.1) is 0 Å². The number of nitrogens with one attached hydrogen (secondary N) is 2. The SMILES string of the molecule is COCCOCCCNC(=S)NN. The Balaban J connectivity index is 2.95. The first-order chi connectivity index (χ1) is 6.31. The lowest BCUT2D eigenvalue weighted by Crippen LogP contribution is -2.40. The lowest BCUT2D eigenvalue weighted by molar-refractivity contribution is 0.0699. The average molecular weight is 207 g/mol. The van der Waals surface area contributed by atoms with Crippen LogP contribution in [0.25, 0.3) is 0 Å². The molecule has 4 N–H and O–H groups in total. The van der Waals surface area contributed by atoms with Gasteiger partial charge in [0.2, 0.25) is 0 Å². The molecular formula is C7H17N3O2S. The van der Waals surface area contributed by atoms with Crippen LogP contribution in [-0.4, -0.2) is 38.6 Å². The predicted octanol–water partition coefficient (Wildman–Crippen LogP) is -0.623. The second-order valence-electron chi connectivity index (χ2n) is 2.36. The third-order valence-electron chi connectivity index (χ3n) is 1.31. The molecular weight excluding hydrogens is 190 g/mol. The molecule has 5 nitrogen and oxygen atoms in total. The standard InChI is InChI=1S/C7H17N3O2S/c1-11-5-6-12-4-2-3-9-7(13)10-8/h2-6,8H2,1H3,(H2,9,10,13). The minimum absolute atomic E-state index is 0.455. The highest BCUT2D eigenvalue weighted by atomic mass is 32.1. The van der Waals surface area contributed by atoms with Crippen LogP contribution in [0.4, 0.5) is 0 Å². The summed E-state index contributed by atoms with van der Waals surface area (Å²) < 4.78 is 10.0. The zero-order chi connectivity index (χ0) is 9.94. The molecule has 0 aromatic carbocycles. The van der Waals surface area contributed by atoms with E-state index in [-0.39, 0.29) is 0 Å². The van der Waals surface area contributed by atoms with E-state index in [1.54, 1.807) is 7.11 Å². The molecule has 0 atom stereocenters. The van der Waals surface area contributed by atoms with E-state index in [9.17, 15) is 0 Å². The number of hydrogen-bond donors (Lipinski definition) is 3. The molecule has 6 heteroatoms. The van der Waals surface area contributed by atoms with Gasteiger partial charge >= 0.3 is 0 Å². The van der Waals surface area contributed by atoms with E-state index in [4.69, 9.17) is 27.5 Å². The minimum Gasteiger partial charge on any atom is -0.382 e. The normalized spacial score (nSPS) is 9.69. The van der Waals surface area contributed by atoms with Gasteiger partial charge in [0.05, 0.1) is 13.2 Å². The number of methoxy groups -OCH3 is 1. The van der Waals surface area contributed by atoms with Crippen LogP contribution in [0, 0.1) is 0 Å². The Bertz CT molecular complexity index is 135. The molecule has 0 aliphatic carbocycles. The van der Waals surface area contributed by atoms with Gasteiger partial charge in [-0.05, 0) is 18.6 Å². The lowest BCUT2D eigenvalue weighted by atomic mass is 10.4. The number of hydrazine groups is 1. The first kappa shape index (κ1) is 12.6. The summed E-state index contributed by atoms with van der Waals surface area (Å²) >= 11 is 4.77. The van der Waals surface area contributed by atoms with E-state index in [0.29, 0.717) is 24.9 Å². The van der Waals surface area contributed by atoms with Crippen molar-refractivity contribution in [1.82, 2.24) is 10.7 Å². The fourth-order valence-corrected chi connectivity index (χ4v) is 0.774. The molecule has 0 unspecified atom stereocenters. The largest absolute Gasteiger partial charge is 0.382 e. The predicted molar refractivity (Wildman–Crippen MR) is 55.2 cm³/mol. The third-order valence-corrected chi connectivity index (χ3v) is 1.58. The highest BCUT2D eigenvalue weighted by Gasteiger charge is 1.91. The van der Waals surface area contributed by atoms with Crippen LogP contribution in [-0.2, 0) is 9.47 Å². The van der Waals surface area contributed by atoms with Crippen molar-refractivity contribution in [2.24, 2.45) is 5.84 Å². The van der Waals surface area contributed by atoms with Crippen LogP contribution in [0.1, 0.15) is 6.42 Å². The monoisotopic (exact) mass is 207 g/mol. The Hall–Kier alpha value is -0.430. The Morgan fingerprint density at radius 1 is 1.38 bits per heavy atom. The molecule has 0 rings (SSSR count). The average Bonchev–Trinajstić information content (AvgIpc) is 2.16. The molecule has 0 aliphatic heterocycles. The summed E-state index contributed by atoms with van der Waals surface area (Å²) in [6.45, 7) is 2.73. The van der Waals surface area contributed by atoms with Crippen molar-refractivity contribution in [3.8, 4) is 0 Å². The number of rotatable bonds is 7. The van der Waals surface area contributed by atoms with Crippen molar-refractivity contribution in [3.05, 3.63) is 0 Å². The van der Waals surface area contributed by atoms with Crippen LogP contribution >= 0.6 is 12.2 Å². The molecule has 0 saturated heterocycles. The maximum absolute atomic E-state index is 5.23. The fourth-order valence-electron chi connectivity index (χ4n) is 0.672. The summed E-state index contributed by atoms with van der Waals surface area (Å²) in [6.07, 6.45) is 0.894. The van der Waals surface area contributed by atoms with Crippen molar-refractivity contribution in [3.63, 3.8) is 0 Å². The molecule has 0 spiro atoms. The van der Waals surface area contributed by atoms with Gasteiger partial charge in [0.25, 0.3) is 0 Å². The van der Waals surface area contributed by atoms with Crippen LogP contribution in [0.5, 0.6) is 0 Å². The number of ether oxygens (including phenoxy) is 2. The van der Waals surface area contributed by atoms with Crippen molar-refractivity contribution >= 4 is 17.3 Å². The van der Waals surface area contributed by atoms with Gasteiger partial charge in [0, 0.05) is 20.3 Å². The van der Waals surface area contributed by atoms with E-state index >= 15 is 0 Å². The van der Waals surface area contributed by atoms with E-state index in [2.05, 4.69) is 10.7 Å². The molecule has 78 valence electrons. The summed E-state index contributed by atoms with van der Waals surface area (Å²) in [7, 11) is 1.65. The van der Waals surface area contributed by atoms with Gasteiger partial charge in [0.15, 0.2) is 5.11 Å². The van der Waals surface area contributed by atoms with Crippen LogP contribution in [0.3, 0.4) is 0 Å². The highest BCUT2D eigenvalue weighted by Crippen LogP contribution is 1.81. The molecule has 0 saturated carbocycles. The van der Waals surface area contributed by atoms with Crippen LogP contribution in [0.15, 0.2) is 0 Å². The van der Waals surface area contributed by atoms with Crippen molar-refractivity contribution in [2.75, 3.05) is 33.5 Å². The quantitative estimate of drug-likeness (QED) is 0.224.